The summed E-state index contributed by atoms with van der Waals surface area (Å²) < 4.78 is 5.02. The highest BCUT2D eigenvalue weighted by molar-refractivity contribution is 5.91. The summed E-state index contributed by atoms with van der Waals surface area (Å²) in [5.74, 6) is -3.13. The summed E-state index contributed by atoms with van der Waals surface area (Å²) >= 11 is 0. The van der Waals surface area contributed by atoms with E-state index in [2.05, 4.69) is 5.32 Å². The monoisotopic (exact) mass is 351 g/mol. The van der Waals surface area contributed by atoms with E-state index in [1.807, 2.05) is 0 Å². The third kappa shape index (κ3) is 7.47. The SMILES string of the molecule is CC(=O)[C@H](CC(=O)O)NC(=O)[C@@H](C)Cc1ccc(OCC(=O)O)cc1. The van der Waals surface area contributed by atoms with Gasteiger partial charge in [0.1, 0.15) is 5.75 Å². The number of benzene rings is 1. The molecule has 8 nitrogen and oxygen atoms in total. The number of carboxylic acid groups (broad SMARTS) is 2. The van der Waals surface area contributed by atoms with Gasteiger partial charge in [0.25, 0.3) is 0 Å². The van der Waals surface area contributed by atoms with Gasteiger partial charge in [-0.3, -0.25) is 14.4 Å². The van der Waals surface area contributed by atoms with Gasteiger partial charge in [-0.25, -0.2) is 4.79 Å². The summed E-state index contributed by atoms with van der Waals surface area (Å²) in [6.07, 6.45) is -0.0772. The molecule has 1 aromatic rings. The Morgan fingerprint density at radius 3 is 2.16 bits per heavy atom. The first kappa shape index (κ1) is 20.1. The fourth-order valence-electron chi connectivity index (χ4n) is 2.10. The van der Waals surface area contributed by atoms with Crippen LogP contribution in [0.2, 0.25) is 0 Å². The molecule has 0 aliphatic carbocycles. The van der Waals surface area contributed by atoms with Crippen LogP contribution in [0, 0.1) is 5.92 Å². The fraction of sp³-hybridized carbons (Fsp3) is 0.412. The van der Waals surface area contributed by atoms with Gasteiger partial charge in [-0.15, -0.1) is 0 Å². The first-order valence-corrected chi connectivity index (χ1v) is 7.65. The molecule has 3 N–H and O–H groups in total. The summed E-state index contributed by atoms with van der Waals surface area (Å²) in [5, 5.41) is 19.8. The largest absolute Gasteiger partial charge is 0.482 e. The van der Waals surface area contributed by atoms with Crippen molar-refractivity contribution in [3.05, 3.63) is 29.8 Å². The highest BCUT2D eigenvalue weighted by Crippen LogP contribution is 2.15. The second-order valence-electron chi connectivity index (χ2n) is 5.70. The number of carbonyl (C=O) groups is 4. The average Bonchev–Trinajstić information content (AvgIpc) is 2.52. The molecule has 0 saturated heterocycles. The normalized spacial score (nSPS) is 12.7. The van der Waals surface area contributed by atoms with Crippen LogP contribution in [0.1, 0.15) is 25.8 Å². The molecule has 8 heteroatoms. The van der Waals surface area contributed by atoms with Crippen molar-refractivity contribution < 1.29 is 34.1 Å². The molecule has 1 amide bonds. The van der Waals surface area contributed by atoms with Crippen molar-refractivity contribution in [2.45, 2.75) is 32.7 Å². The molecule has 0 spiro atoms. The van der Waals surface area contributed by atoms with Crippen LogP contribution in [0.15, 0.2) is 24.3 Å². The van der Waals surface area contributed by atoms with Crippen LogP contribution in [0.3, 0.4) is 0 Å². The first-order valence-electron chi connectivity index (χ1n) is 7.65. The second kappa shape index (κ2) is 9.41. The Morgan fingerprint density at radius 1 is 1.08 bits per heavy atom. The predicted molar refractivity (Wildman–Crippen MR) is 87.3 cm³/mol. The Kier molecular flexibility index (Phi) is 7.58. The smallest absolute Gasteiger partial charge is 0.341 e. The number of hydrogen-bond acceptors (Lipinski definition) is 5. The molecule has 25 heavy (non-hydrogen) atoms. The van der Waals surface area contributed by atoms with E-state index in [-0.39, 0.29) is 0 Å². The molecule has 0 aromatic heterocycles. The van der Waals surface area contributed by atoms with Crippen LogP contribution in [0.25, 0.3) is 0 Å². The number of ketones is 1. The number of carboxylic acids is 2. The highest BCUT2D eigenvalue weighted by atomic mass is 16.5. The standard InChI is InChI=1S/C17H21NO7/c1-10(17(24)18-14(11(2)19)8-15(20)21)7-12-3-5-13(6-4-12)25-9-16(22)23/h3-6,10,14H,7-9H2,1-2H3,(H,18,24)(H,20,21)(H,22,23)/t10-,14-/m0/s1. The minimum atomic E-state index is -1.16. The third-order valence-electron chi connectivity index (χ3n) is 3.46. The number of aliphatic carboxylic acids is 2. The number of carbonyl (C=O) groups excluding carboxylic acids is 2. The van der Waals surface area contributed by atoms with Crippen molar-refractivity contribution in [2.75, 3.05) is 6.61 Å². The van der Waals surface area contributed by atoms with E-state index in [1.54, 1.807) is 31.2 Å². The zero-order valence-corrected chi connectivity index (χ0v) is 14.0. The van der Waals surface area contributed by atoms with Gasteiger partial charge < -0.3 is 20.3 Å². The highest BCUT2D eigenvalue weighted by Gasteiger charge is 2.23. The molecule has 0 bridgehead atoms. The summed E-state index contributed by atoms with van der Waals surface area (Å²) in [7, 11) is 0. The lowest BCUT2D eigenvalue weighted by atomic mass is 9.99. The number of rotatable bonds is 10. The molecule has 0 unspecified atom stereocenters. The molecule has 0 heterocycles. The van der Waals surface area contributed by atoms with Crippen molar-refractivity contribution in [2.24, 2.45) is 5.92 Å². The molecular weight excluding hydrogens is 330 g/mol. The molecule has 0 aliphatic rings. The molecule has 0 saturated carbocycles. The maximum Gasteiger partial charge on any atom is 0.341 e. The maximum atomic E-state index is 12.1. The third-order valence-corrected chi connectivity index (χ3v) is 3.46. The average molecular weight is 351 g/mol. The zero-order chi connectivity index (χ0) is 19.0. The predicted octanol–water partition coefficient (Wildman–Crippen LogP) is 0.877. The summed E-state index contributed by atoms with van der Waals surface area (Å²) in [6, 6.07) is 5.58. The van der Waals surface area contributed by atoms with E-state index in [1.165, 1.54) is 6.92 Å². The quantitative estimate of drug-likeness (QED) is 0.570. The van der Waals surface area contributed by atoms with E-state index in [4.69, 9.17) is 14.9 Å². The topological polar surface area (TPSA) is 130 Å². The lowest BCUT2D eigenvalue weighted by Gasteiger charge is -2.17. The van der Waals surface area contributed by atoms with Gasteiger partial charge in [0.05, 0.1) is 12.5 Å². The Morgan fingerprint density at radius 2 is 1.68 bits per heavy atom. The van der Waals surface area contributed by atoms with Gasteiger partial charge in [-0.1, -0.05) is 19.1 Å². The van der Waals surface area contributed by atoms with Gasteiger partial charge in [0.2, 0.25) is 5.91 Å². The van der Waals surface area contributed by atoms with Crippen molar-refractivity contribution >= 4 is 23.6 Å². The molecular formula is C17H21NO7. The van der Waals surface area contributed by atoms with E-state index in [0.29, 0.717) is 12.2 Å². The van der Waals surface area contributed by atoms with Crippen LogP contribution in [-0.2, 0) is 25.6 Å². The summed E-state index contributed by atoms with van der Waals surface area (Å²) in [4.78, 5) is 44.7. The van der Waals surface area contributed by atoms with Crippen molar-refractivity contribution in [3.8, 4) is 5.75 Å². The number of Topliss-reactive ketones (excluding diaryl/α,β-unsaturated/α-hetero) is 1. The van der Waals surface area contributed by atoms with Gasteiger partial charge in [0, 0.05) is 5.92 Å². The van der Waals surface area contributed by atoms with E-state index >= 15 is 0 Å². The van der Waals surface area contributed by atoms with Crippen LogP contribution >= 0.6 is 0 Å². The Labute approximate surface area is 144 Å². The Balaban J connectivity index is 2.60. The minimum Gasteiger partial charge on any atom is -0.482 e. The Hall–Kier alpha value is -2.90. The lowest BCUT2D eigenvalue weighted by Crippen LogP contribution is -2.43. The van der Waals surface area contributed by atoms with Crippen LogP contribution in [0.5, 0.6) is 5.75 Å². The van der Waals surface area contributed by atoms with Gasteiger partial charge in [0.15, 0.2) is 12.4 Å². The first-order chi connectivity index (χ1) is 11.7. The molecule has 0 radical (unpaired) electrons. The molecule has 1 aromatic carbocycles. The van der Waals surface area contributed by atoms with Crippen molar-refractivity contribution in [1.82, 2.24) is 5.32 Å². The fourth-order valence-corrected chi connectivity index (χ4v) is 2.10. The maximum absolute atomic E-state index is 12.1. The van der Waals surface area contributed by atoms with Crippen LogP contribution < -0.4 is 10.1 Å². The van der Waals surface area contributed by atoms with E-state index in [0.717, 1.165) is 5.56 Å². The van der Waals surface area contributed by atoms with Gasteiger partial charge in [-0.2, -0.15) is 0 Å². The zero-order valence-electron chi connectivity index (χ0n) is 14.0. The van der Waals surface area contributed by atoms with E-state index < -0.39 is 48.6 Å². The van der Waals surface area contributed by atoms with Crippen molar-refractivity contribution in [3.63, 3.8) is 0 Å². The van der Waals surface area contributed by atoms with Crippen LogP contribution in [-0.4, -0.2) is 46.5 Å². The Bertz CT molecular complexity index is 639. The minimum absolute atomic E-state index is 0.378. The van der Waals surface area contributed by atoms with Gasteiger partial charge in [-0.05, 0) is 31.0 Å². The summed E-state index contributed by atoms with van der Waals surface area (Å²) in [6.45, 7) is 2.46. The van der Waals surface area contributed by atoms with Crippen LogP contribution in [0.4, 0.5) is 0 Å². The second-order valence-corrected chi connectivity index (χ2v) is 5.70. The van der Waals surface area contributed by atoms with Crippen molar-refractivity contribution in [1.29, 1.82) is 0 Å². The molecule has 2 atom stereocenters. The number of amides is 1. The lowest BCUT2D eigenvalue weighted by molar-refractivity contribution is -0.140. The van der Waals surface area contributed by atoms with E-state index in [9.17, 15) is 19.2 Å². The van der Waals surface area contributed by atoms with Gasteiger partial charge >= 0.3 is 11.9 Å². The number of hydrogen-bond donors (Lipinski definition) is 3. The molecule has 0 fully saturated rings. The molecule has 0 aliphatic heterocycles. The summed E-state index contributed by atoms with van der Waals surface area (Å²) in [5.41, 5.74) is 0.822. The molecule has 136 valence electrons. The number of nitrogens with one attached hydrogen (secondary N) is 1. The molecule has 1 rings (SSSR count). The number of ether oxygens (including phenoxy) is 1.